The average Bonchev–Trinajstić information content (AvgIpc) is 2.61. The van der Waals surface area contributed by atoms with E-state index in [1.54, 1.807) is 11.1 Å². The van der Waals surface area contributed by atoms with Gasteiger partial charge in [0.1, 0.15) is 0 Å². The summed E-state index contributed by atoms with van der Waals surface area (Å²) in [5.74, 6) is 1.13. The number of fused-ring (bicyclic) bond motifs is 2. The molecule has 0 aromatic carbocycles. The van der Waals surface area contributed by atoms with E-state index in [0.717, 1.165) is 25.6 Å². The number of amides is 1. The number of hydrogen-bond donors (Lipinski definition) is 1. The molecule has 2 saturated carbocycles. The van der Waals surface area contributed by atoms with Crippen LogP contribution in [-0.4, -0.2) is 19.1 Å². The Balaban J connectivity index is 1.70. The van der Waals surface area contributed by atoms with Gasteiger partial charge in [-0.1, -0.05) is 45.3 Å². The lowest BCUT2D eigenvalue weighted by molar-refractivity contribution is -0.184. The molecular weight excluding hydrogens is 346 g/mol. The standard InChI is InChI=1S/C25H39NO2/c1-16-6-11-24(4)19-12-17(21(26)27)20-22(2)8-5-9-25(20,15-28-14-22)18(19)7-10-23(24,3)13-16/h16-17,20H,5-15H2,1-4H3,(H2,26,27). The summed E-state index contributed by atoms with van der Waals surface area (Å²) in [5, 5.41) is 0. The van der Waals surface area contributed by atoms with Crippen molar-refractivity contribution in [2.45, 2.75) is 85.5 Å². The van der Waals surface area contributed by atoms with Crippen LogP contribution in [0.4, 0.5) is 0 Å². The molecule has 156 valence electrons. The molecule has 0 radical (unpaired) electrons. The van der Waals surface area contributed by atoms with Crippen LogP contribution in [0.15, 0.2) is 11.1 Å². The number of carbonyl (C=O) groups is 1. The lowest BCUT2D eigenvalue weighted by atomic mass is 9.39. The molecule has 3 fully saturated rings. The van der Waals surface area contributed by atoms with E-state index in [4.69, 9.17) is 10.5 Å². The second kappa shape index (κ2) is 5.86. The third kappa shape index (κ3) is 2.23. The Kier molecular flexibility index (Phi) is 4.01. The summed E-state index contributed by atoms with van der Waals surface area (Å²) in [6.45, 7) is 11.5. The van der Waals surface area contributed by atoms with Crippen molar-refractivity contribution in [2.75, 3.05) is 13.2 Å². The zero-order valence-corrected chi connectivity index (χ0v) is 18.4. The maximum absolute atomic E-state index is 12.8. The number of carbonyl (C=O) groups excluding carboxylic acids is 1. The molecular formula is C25H39NO2. The van der Waals surface area contributed by atoms with Gasteiger partial charge in [-0.05, 0) is 79.4 Å². The summed E-state index contributed by atoms with van der Waals surface area (Å²) in [5.41, 5.74) is 10.3. The normalized spacial score (nSPS) is 53.1. The molecule has 28 heavy (non-hydrogen) atoms. The van der Waals surface area contributed by atoms with E-state index in [1.807, 2.05) is 0 Å². The van der Waals surface area contributed by atoms with Crippen molar-refractivity contribution in [1.82, 2.24) is 0 Å². The van der Waals surface area contributed by atoms with Crippen LogP contribution in [0.3, 0.4) is 0 Å². The second-order valence-electron chi connectivity index (χ2n) is 12.0. The fourth-order valence-corrected chi connectivity index (χ4v) is 9.08. The third-order valence-corrected chi connectivity index (χ3v) is 10.5. The van der Waals surface area contributed by atoms with Crippen LogP contribution < -0.4 is 5.73 Å². The number of nitrogens with two attached hydrogens (primary N) is 1. The Morgan fingerprint density at radius 3 is 2.61 bits per heavy atom. The Bertz CT molecular complexity index is 729. The van der Waals surface area contributed by atoms with Crippen molar-refractivity contribution in [3.63, 3.8) is 0 Å². The molecule has 0 spiro atoms. The molecule has 4 aliphatic carbocycles. The minimum absolute atomic E-state index is 0.00789. The van der Waals surface area contributed by atoms with Crippen molar-refractivity contribution < 1.29 is 9.53 Å². The molecule has 0 aromatic heterocycles. The summed E-state index contributed by atoms with van der Waals surface area (Å²) < 4.78 is 6.30. The van der Waals surface area contributed by atoms with Gasteiger partial charge in [-0.3, -0.25) is 4.79 Å². The molecule has 0 aromatic rings. The molecule has 1 aliphatic heterocycles. The molecule has 2 N–H and O–H groups in total. The van der Waals surface area contributed by atoms with Crippen LogP contribution in [0.5, 0.6) is 0 Å². The SMILES string of the molecule is CC1CCC2(C)C3=C(CCC2(C)C1)C12CCCC(C)(COC1)C2C(C(N)=O)C3. The minimum atomic E-state index is -0.0593. The van der Waals surface area contributed by atoms with Gasteiger partial charge in [-0.25, -0.2) is 0 Å². The molecule has 1 heterocycles. The predicted molar refractivity (Wildman–Crippen MR) is 111 cm³/mol. The van der Waals surface area contributed by atoms with Gasteiger partial charge in [-0.2, -0.15) is 0 Å². The Labute approximate surface area is 170 Å². The highest BCUT2D eigenvalue weighted by Gasteiger charge is 2.65. The summed E-state index contributed by atoms with van der Waals surface area (Å²) in [7, 11) is 0. The van der Waals surface area contributed by atoms with Crippen LogP contribution >= 0.6 is 0 Å². The van der Waals surface area contributed by atoms with Gasteiger partial charge in [0.2, 0.25) is 5.91 Å². The van der Waals surface area contributed by atoms with E-state index in [0.29, 0.717) is 11.3 Å². The van der Waals surface area contributed by atoms with Gasteiger partial charge in [0.05, 0.1) is 13.2 Å². The van der Waals surface area contributed by atoms with Crippen LogP contribution in [0.25, 0.3) is 0 Å². The molecule has 2 bridgehead atoms. The quantitative estimate of drug-likeness (QED) is 0.628. The molecule has 5 aliphatic rings. The Hall–Kier alpha value is -0.830. The maximum Gasteiger partial charge on any atom is 0.221 e. The van der Waals surface area contributed by atoms with Crippen molar-refractivity contribution in [3.05, 3.63) is 11.1 Å². The van der Waals surface area contributed by atoms with Crippen LogP contribution in [0, 0.1) is 39.4 Å². The van der Waals surface area contributed by atoms with E-state index in [9.17, 15) is 4.79 Å². The van der Waals surface area contributed by atoms with Crippen molar-refractivity contribution >= 4 is 5.91 Å². The number of ether oxygens (including phenoxy) is 1. The smallest absolute Gasteiger partial charge is 0.221 e. The predicted octanol–water partition coefficient (Wildman–Crippen LogP) is 5.24. The summed E-state index contributed by atoms with van der Waals surface area (Å²) in [6.07, 6.45) is 11.0. The van der Waals surface area contributed by atoms with E-state index in [-0.39, 0.29) is 28.1 Å². The molecule has 5 rings (SSSR count). The first-order valence-corrected chi connectivity index (χ1v) is 11.8. The van der Waals surface area contributed by atoms with Crippen molar-refractivity contribution in [3.8, 4) is 0 Å². The molecule has 7 atom stereocenters. The van der Waals surface area contributed by atoms with E-state index >= 15 is 0 Å². The zero-order valence-electron chi connectivity index (χ0n) is 18.4. The van der Waals surface area contributed by atoms with E-state index in [2.05, 4.69) is 27.7 Å². The van der Waals surface area contributed by atoms with Gasteiger partial charge in [0.25, 0.3) is 0 Å². The molecule has 3 nitrogen and oxygen atoms in total. The van der Waals surface area contributed by atoms with Gasteiger partial charge >= 0.3 is 0 Å². The number of rotatable bonds is 1. The first-order chi connectivity index (χ1) is 13.2. The highest BCUT2D eigenvalue weighted by molar-refractivity contribution is 5.78. The molecule has 7 unspecified atom stereocenters. The van der Waals surface area contributed by atoms with Crippen LogP contribution in [0.1, 0.15) is 85.5 Å². The average molecular weight is 386 g/mol. The largest absolute Gasteiger partial charge is 0.380 e. The number of allylic oxidation sites excluding steroid dienone is 1. The fourth-order valence-electron chi connectivity index (χ4n) is 9.08. The van der Waals surface area contributed by atoms with Crippen molar-refractivity contribution in [2.24, 2.45) is 45.1 Å². The number of hydrogen-bond acceptors (Lipinski definition) is 2. The zero-order chi connectivity index (χ0) is 19.9. The Morgan fingerprint density at radius 2 is 1.86 bits per heavy atom. The van der Waals surface area contributed by atoms with Gasteiger partial charge < -0.3 is 10.5 Å². The second-order valence-corrected chi connectivity index (χ2v) is 12.0. The van der Waals surface area contributed by atoms with Crippen LogP contribution in [-0.2, 0) is 9.53 Å². The van der Waals surface area contributed by atoms with E-state index in [1.165, 1.54) is 51.4 Å². The fraction of sp³-hybridized carbons (Fsp3) is 0.880. The molecule has 1 saturated heterocycles. The first kappa shape index (κ1) is 19.2. The highest BCUT2D eigenvalue weighted by Crippen LogP contribution is 2.71. The van der Waals surface area contributed by atoms with Crippen LogP contribution in [0.2, 0.25) is 0 Å². The summed E-state index contributed by atoms with van der Waals surface area (Å²) >= 11 is 0. The summed E-state index contributed by atoms with van der Waals surface area (Å²) in [4.78, 5) is 12.8. The minimum Gasteiger partial charge on any atom is -0.380 e. The number of primary amides is 1. The molecule has 3 heteroatoms. The third-order valence-electron chi connectivity index (χ3n) is 10.5. The maximum atomic E-state index is 12.8. The van der Waals surface area contributed by atoms with Gasteiger partial charge in [0, 0.05) is 11.3 Å². The van der Waals surface area contributed by atoms with E-state index < -0.39 is 0 Å². The Morgan fingerprint density at radius 1 is 1.07 bits per heavy atom. The first-order valence-electron chi connectivity index (χ1n) is 11.8. The summed E-state index contributed by atoms with van der Waals surface area (Å²) in [6, 6.07) is 0. The van der Waals surface area contributed by atoms with Crippen molar-refractivity contribution in [1.29, 1.82) is 0 Å². The lowest BCUT2D eigenvalue weighted by Gasteiger charge is -2.67. The lowest BCUT2D eigenvalue weighted by Crippen LogP contribution is -2.63. The molecule has 1 amide bonds. The topological polar surface area (TPSA) is 52.3 Å². The van der Waals surface area contributed by atoms with Gasteiger partial charge in [-0.15, -0.1) is 0 Å². The van der Waals surface area contributed by atoms with Gasteiger partial charge in [0.15, 0.2) is 0 Å². The monoisotopic (exact) mass is 385 g/mol. The highest BCUT2D eigenvalue weighted by atomic mass is 16.5.